The number of hydrogen-bond donors (Lipinski definition) is 2. The first-order valence-corrected chi connectivity index (χ1v) is 6.49. The number of nitrogens with one attached hydrogen (secondary N) is 1. The van der Waals surface area contributed by atoms with Crippen LogP contribution < -0.4 is 20.9 Å². The van der Waals surface area contributed by atoms with E-state index in [0.717, 1.165) is 0 Å². The van der Waals surface area contributed by atoms with Crippen LogP contribution in [0.3, 0.4) is 0 Å². The van der Waals surface area contributed by atoms with Gasteiger partial charge in [-0.3, -0.25) is 4.79 Å². The van der Waals surface area contributed by atoms with E-state index < -0.39 is 0 Å². The zero-order chi connectivity index (χ0) is 15.4. The van der Waals surface area contributed by atoms with Crippen molar-refractivity contribution in [1.82, 2.24) is 4.98 Å². The average Bonchev–Trinajstić information content (AvgIpc) is 2.52. The van der Waals surface area contributed by atoms with Crippen molar-refractivity contribution >= 4 is 29.0 Å². The number of benzene rings is 1. The molecule has 0 aliphatic carbocycles. The number of hydrazine groups is 1. The van der Waals surface area contributed by atoms with Crippen LogP contribution in [0.4, 0.5) is 11.5 Å². The summed E-state index contributed by atoms with van der Waals surface area (Å²) in [5.74, 6) is 6.06. The fourth-order valence-electron chi connectivity index (χ4n) is 1.82. The maximum Gasteiger partial charge on any atom is 0.258 e. The van der Waals surface area contributed by atoms with Crippen LogP contribution in [0.25, 0.3) is 0 Å². The maximum absolute atomic E-state index is 12.5. The van der Waals surface area contributed by atoms with Gasteiger partial charge in [0.2, 0.25) is 0 Å². The highest BCUT2D eigenvalue weighted by atomic mass is 35.5. The van der Waals surface area contributed by atoms with Crippen molar-refractivity contribution in [3.63, 3.8) is 0 Å². The lowest BCUT2D eigenvalue weighted by Crippen LogP contribution is -2.26. The topological polar surface area (TPSA) is 80.5 Å². The van der Waals surface area contributed by atoms with E-state index in [-0.39, 0.29) is 11.1 Å². The van der Waals surface area contributed by atoms with E-state index >= 15 is 0 Å². The summed E-state index contributed by atoms with van der Waals surface area (Å²) < 4.78 is 5.15. The number of carbonyl (C=O) groups excluding carboxylic acids is 1. The Balaban J connectivity index is 2.32. The third-order valence-corrected chi connectivity index (χ3v) is 3.13. The Morgan fingerprint density at radius 2 is 2.14 bits per heavy atom. The van der Waals surface area contributed by atoms with Crippen molar-refractivity contribution < 1.29 is 9.53 Å². The van der Waals surface area contributed by atoms with Gasteiger partial charge >= 0.3 is 0 Å². The first-order chi connectivity index (χ1) is 10.0. The minimum absolute atomic E-state index is 0.188. The molecule has 3 N–H and O–H groups in total. The van der Waals surface area contributed by atoms with Crippen molar-refractivity contribution in [3.05, 3.63) is 47.1 Å². The van der Waals surface area contributed by atoms with Gasteiger partial charge in [-0.15, -0.1) is 0 Å². The zero-order valence-corrected chi connectivity index (χ0v) is 12.4. The van der Waals surface area contributed by atoms with Crippen molar-refractivity contribution in [1.29, 1.82) is 0 Å². The van der Waals surface area contributed by atoms with Crippen LogP contribution in [-0.4, -0.2) is 25.0 Å². The summed E-state index contributed by atoms with van der Waals surface area (Å²) in [5.41, 5.74) is 3.46. The van der Waals surface area contributed by atoms with E-state index in [1.54, 1.807) is 20.2 Å². The predicted octanol–water partition coefficient (Wildman–Crippen LogP) is 2.31. The van der Waals surface area contributed by atoms with Gasteiger partial charge in [-0.1, -0.05) is 17.7 Å². The summed E-state index contributed by atoms with van der Waals surface area (Å²) in [6, 6.07) is 10.2. The SMILES string of the molecule is COc1cccc(N(C)C(=O)c2cc(Cl)nc(NN)c2)c1. The molecule has 0 atom stereocenters. The van der Waals surface area contributed by atoms with Crippen molar-refractivity contribution in [2.75, 3.05) is 24.5 Å². The Morgan fingerprint density at radius 3 is 2.81 bits per heavy atom. The van der Waals surface area contributed by atoms with Crippen LogP contribution >= 0.6 is 11.6 Å². The van der Waals surface area contributed by atoms with Crippen molar-refractivity contribution in [2.24, 2.45) is 5.84 Å². The van der Waals surface area contributed by atoms with E-state index in [2.05, 4.69) is 10.4 Å². The van der Waals surface area contributed by atoms with Crippen LogP contribution in [0.5, 0.6) is 5.75 Å². The van der Waals surface area contributed by atoms with E-state index in [1.807, 2.05) is 18.2 Å². The van der Waals surface area contributed by atoms with Gasteiger partial charge < -0.3 is 15.1 Å². The highest BCUT2D eigenvalue weighted by molar-refractivity contribution is 6.30. The molecule has 1 heterocycles. The first-order valence-electron chi connectivity index (χ1n) is 6.11. The Morgan fingerprint density at radius 1 is 1.38 bits per heavy atom. The summed E-state index contributed by atoms with van der Waals surface area (Å²) >= 11 is 5.87. The number of aromatic nitrogens is 1. The number of halogens is 1. The molecule has 110 valence electrons. The summed E-state index contributed by atoms with van der Waals surface area (Å²) in [5, 5.41) is 0.188. The number of methoxy groups -OCH3 is 1. The Bertz CT molecular complexity index is 663. The second kappa shape index (κ2) is 6.43. The highest BCUT2D eigenvalue weighted by Gasteiger charge is 2.16. The summed E-state index contributed by atoms with van der Waals surface area (Å²) in [6.45, 7) is 0. The molecule has 0 spiro atoms. The summed E-state index contributed by atoms with van der Waals surface area (Å²) in [6.07, 6.45) is 0. The number of amides is 1. The average molecular weight is 307 g/mol. The molecule has 1 aromatic heterocycles. The fourth-order valence-corrected chi connectivity index (χ4v) is 2.03. The van der Waals surface area contributed by atoms with Crippen LogP contribution in [0, 0.1) is 0 Å². The maximum atomic E-state index is 12.5. The number of anilines is 2. The molecule has 21 heavy (non-hydrogen) atoms. The van der Waals surface area contributed by atoms with Gasteiger partial charge in [0.25, 0.3) is 5.91 Å². The number of nitrogens with two attached hydrogens (primary N) is 1. The standard InChI is InChI=1S/C14H15ClN4O2/c1-19(10-4-3-5-11(8-10)21-2)14(20)9-6-12(15)17-13(7-9)18-16/h3-8H,16H2,1-2H3,(H,17,18). The number of pyridine rings is 1. The molecule has 0 saturated heterocycles. The normalized spacial score (nSPS) is 10.1. The molecule has 0 bridgehead atoms. The lowest BCUT2D eigenvalue weighted by Gasteiger charge is -2.18. The molecule has 0 saturated carbocycles. The minimum atomic E-state index is -0.232. The molecule has 0 radical (unpaired) electrons. The largest absolute Gasteiger partial charge is 0.497 e. The number of hydrogen-bond acceptors (Lipinski definition) is 5. The van der Waals surface area contributed by atoms with Gasteiger partial charge in [0.15, 0.2) is 0 Å². The Kier molecular flexibility index (Phi) is 4.62. The molecule has 2 rings (SSSR count). The molecule has 0 aliphatic heterocycles. The van der Waals surface area contributed by atoms with Crippen molar-refractivity contribution in [2.45, 2.75) is 0 Å². The lowest BCUT2D eigenvalue weighted by atomic mass is 10.2. The van der Waals surface area contributed by atoms with E-state index in [0.29, 0.717) is 22.8 Å². The first kappa shape index (κ1) is 15.1. The molecule has 0 unspecified atom stereocenters. The second-order valence-electron chi connectivity index (χ2n) is 4.27. The molecule has 2 aromatic rings. The molecule has 1 amide bonds. The number of ether oxygens (including phenoxy) is 1. The smallest absolute Gasteiger partial charge is 0.258 e. The molecular formula is C14H15ClN4O2. The minimum Gasteiger partial charge on any atom is -0.497 e. The van der Waals surface area contributed by atoms with Crippen molar-refractivity contribution in [3.8, 4) is 5.75 Å². The highest BCUT2D eigenvalue weighted by Crippen LogP contribution is 2.22. The van der Waals surface area contributed by atoms with Crippen LogP contribution in [-0.2, 0) is 0 Å². The predicted molar refractivity (Wildman–Crippen MR) is 82.8 cm³/mol. The quantitative estimate of drug-likeness (QED) is 0.515. The molecule has 1 aromatic carbocycles. The third-order valence-electron chi connectivity index (χ3n) is 2.93. The number of nitrogen functional groups attached to an aromatic ring is 1. The second-order valence-corrected chi connectivity index (χ2v) is 4.66. The van der Waals surface area contributed by atoms with Gasteiger partial charge in [0.1, 0.15) is 16.7 Å². The monoisotopic (exact) mass is 306 g/mol. The Labute approximate surface area is 127 Å². The van der Waals surface area contributed by atoms with Gasteiger partial charge in [0, 0.05) is 24.4 Å². The van der Waals surface area contributed by atoms with E-state index in [4.69, 9.17) is 22.2 Å². The summed E-state index contributed by atoms with van der Waals surface area (Å²) in [7, 11) is 3.24. The van der Waals surface area contributed by atoms with Gasteiger partial charge in [-0.2, -0.15) is 0 Å². The Hall–Kier alpha value is -2.31. The van der Waals surface area contributed by atoms with Gasteiger partial charge in [-0.25, -0.2) is 10.8 Å². The number of carbonyl (C=O) groups is 1. The van der Waals surface area contributed by atoms with Crippen LogP contribution in [0.2, 0.25) is 5.15 Å². The van der Waals surface area contributed by atoms with E-state index in [9.17, 15) is 4.79 Å². The molecule has 0 fully saturated rings. The summed E-state index contributed by atoms with van der Waals surface area (Å²) in [4.78, 5) is 17.9. The molecule has 7 heteroatoms. The molecule has 6 nitrogen and oxygen atoms in total. The zero-order valence-electron chi connectivity index (χ0n) is 11.6. The number of nitrogens with zero attached hydrogens (tertiary/aromatic N) is 2. The van der Waals surface area contributed by atoms with Crippen LogP contribution in [0.1, 0.15) is 10.4 Å². The molecular weight excluding hydrogens is 292 g/mol. The lowest BCUT2D eigenvalue weighted by molar-refractivity contribution is 0.0993. The third kappa shape index (κ3) is 3.42. The number of rotatable bonds is 4. The van der Waals surface area contributed by atoms with Crippen LogP contribution in [0.15, 0.2) is 36.4 Å². The fraction of sp³-hybridized carbons (Fsp3) is 0.143. The molecule has 0 aliphatic rings. The van der Waals surface area contributed by atoms with Gasteiger partial charge in [0.05, 0.1) is 7.11 Å². The van der Waals surface area contributed by atoms with Gasteiger partial charge in [-0.05, 0) is 24.3 Å². The van der Waals surface area contributed by atoms with E-state index in [1.165, 1.54) is 17.0 Å².